The van der Waals surface area contributed by atoms with E-state index in [0.717, 1.165) is 19.4 Å². The number of rotatable bonds is 8. The third-order valence-corrected chi connectivity index (χ3v) is 10.4. The lowest BCUT2D eigenvalue weighted by Crippen LogP contribution is -2.43. The Bertz CT molecular complexity index is 2020. The van der Waals surface area contributed by atoms with Crippen LogP contribution in [0.1, 0.15) is 38.2 Å². The summed E-state index contributed by atoms with van der Waals surface area (Å²) >= 11 is 3.43. The van der Waals surface area contributed by atoms with E-state index in [-0.39, 0.29) is 46.2 Å². The number of fused-ring (bicyclic) bond motifs is 3. The van der Waals surface area contributed by atoms with Gasteiger partial charge in [0.2, 0.25) is 5.91 Å². The molecule has 0 saturated carbocycles. The van der Waals surface area contributed by atoms with Crippen LogP contribution in [0.25, 0.3) is 32.9 Å². The van der Waals surface area contributed by atoms with Gasteiger partial charge in [-0.2, -0.15) is 9.97 Å². The number of anilines is 1. The van der Waals surface area contributed by atoms with Gasteiger partial charge in [0, 0.05) is 67.2 Å². The lowest BCUT2D eigenvalue weighted by Gasteiger charge is -2.31. The summed E-state index contributed by atoms with van der Waals surface area (Å²) < 4.78 is 52.5. The molecule has 0 radical (unpaired) electrons. The molecular formula is C37H36BrF3N6O2. The first-order valence-electron chi connectivity index (χ1n) is 16.5. The van der Waals surface area contributed by atoms with Crippen LogP contribution in [-0.4, -0.2) is 93.1 Å². The number of terminal acetylenes is 1. The van der Waals surface area contributed by atoms with Gasteiger partial charge in [-0.1, -0.05) is 52.2 Å². The molecule has 49 heavy (non-hydrogen) atoms. The standard InChI is InChI=1S/C37H36BrF3N6O2/c1-4-26-29(40)11-10-23-7-5-8-27(31(23)26)33-32(41)34-28(18-42-33)35(45(3)25-13-16-46(20-25)30(48)12-9-22(2)38)44-36(43-34)49-21-37-14-6-15-47(37)19-24(39)17-37/h1,5,7-12,18,22,24-25H,6,13-17,19-21H2,2-3H3/b12-9+/t22?,24-,25-,37+/m1/s1. The Morgan fingerprint density at radius 2 is 2.08 bits per heavy atom. The molecule has 7 rings (SSSR count). The molecule has 3 fully saturated rings. The number of carbonyl (C=O) groups is 1. The van der Waals surface area contributed by atoms with Crippen LogP contribution < -0.4 is 9.64 Å². The number of carbonyl (C=O) groups excluding carboxylic acids is 1. The molecule has 5 heterocycles. The maximum Gasteiger partial charge on any atom is 0.319 e. The minimum atomic E-state index is -0.937. The molecule has 254 valence electrons. The zero-order valence-corrected chi connectivity index (χ0v) is 28.9. The molecule has 4 atom stereocenters. The maximum absolute atomic E-state index is 16.8. The quantitative estimate of drug-likeness (QED) is 0.117. The Hall–Kier alpha value is -4.21. The number of ether oxygens (including phenoxy) is 1. The number of aromatic nitrogens is 3. The second-order valence-electron chi connectivity index (χ2n) is 13.2. The lowest BCUT2D eigenvalue weighted by atomic mass is 9.95. The van der Waals surface area contributed by atoms with E-state index in [1.165, 1.54) is 12.3 Å². The van der Waals surface area contributed by atoms with E-state index in [2.05, 4.69) is 36.7 Å². The van der Waals surface area contributed by atoms with Gasteiger partial charge in [-0.05, 0) is 44.2 Å². The highest BCUT2D eigenvalue weighted by atomic mass is 79.9. The van der Waals surface area contributed by atoms with Gasteiger partial charge in [-0.3, -0.25) is 14.7 Å². The lowest BCUT2D eigenvalue weighted by molar-refractivity contribution is -0.125. The Balaban J connectivity index is 1.30. The molecule has 0 spiro atoms. The van der Waals surface area contributed by atoms with Crippen molar-refractivity contribution in [1.29, 1.82) is 0 Å². The van der Waals surface area contributed by atoms with Crippen molar-refractivity contribution in [3.63, 3.8) is 0 Å². The van der Waals surface area contributed by atoms with E-state index in [1.807, 2.05) is 18.9 Å². The predicted octanol–water partition coefficient (Wildman–Crippen LogP) is 6.44. The number of pyridine rings is 1. The summed E-state index contributed by atoms with van der Waals surface area (Å²) in [6.07, 6.45) is 12.4. The fraction of sp³-hybridized carbons (Fsp3) is 0.405. The number of allylic oxidation sites excluding steroid dienone is 1. The fourth-order valence-corrected chi connectivity index (χ4v) is 7.79. The molecule has 3 saturated heterocycles. The van der Waals surface area contributed by atoms with Crippen molar-refractivity contribution < 1.29 is 22.7 Å². The van der Waals surface area contributed by atoms with Crippen LogP contribution in [0.15, 0.2) is 48.7 Å². The minimum absolute atomic E-state index is 0.0189. The summed E-state index contributed by atoms with van der Waals surface area (Å²) in [7, 11) is 1.85. The van der Waals surface area contributed by atoms with E-state index in [4.69, 9.17) is 16.1 Å². The van der Waals surface area contributed by atoms with Crippen molar-refractivity contribution in [2.24, 2.45) is 0 Å². The molecule has 12 heteroatoms. The molecule has 8 nitrogen and oxygen atoms in total. The molecule has 0 bridgehead atoms. The van der Waals surface area contributed by atoms with E-state index in [1.54, 1.807) is 41.3 Å². The molecule has 2 aromatic heterocycles. The van der Waals surface area contributed by atoms with Gasteiger partial charge < -0.3 is 14.5 Å². The highest BCUT2D eigenvalue weighted by Crippen LogP contribution is 2.41. The zero-order chi connectivity index (χ0) is 34.4. The van der Waals surface area contributed by atoms with Gasteiger partial charge in [0.05, 0.1) is 16.5 Å². The Labute approximate surface area is 291 Å². The van der Waals surface area contributed by atoms with Crippen LogP contribution in [0.2, 0.25) is 0 Å². The summed E-state index contributed by atoms with van der Waals surface area (Å²) in [6.45, 7) is 4.26. The predicted molar refractivity (Wildman–Crippen MR) is 188 cm³/mol. The van der Waals surface area contributed by atoms with Gasteiger partial charge in [0.15, 0.2) is 5.82 Å². The second-order valence-corrected chi connectivity index (χ2v) is 14.7. The molecular weight excluding hydrogens is 697 g/mol. The summed E-state index contributed by atoms with van der Waals surface area (Å²) in [6, 6.07) is 7.89. The molecule has 0 N–H and O–H groups in total. The number of nitrogens with zero attached hydrogens (tertiary/aromatic N) is 6. The number of alkyl halides is 2. The largest absolute Gasteiger partial charge is 0.461 e. The van der Waals surface area contributed by atoms with Crippen molar-refractivity contribution in [2.75, 3.05) is 44.7 Å². The molecule has 0 aliphatic carbocycles. The number of likely N-dealkylation sites (tertiary alicyclic amines) is 1. The highest BCUT2D eigenvalue weighted by molar-refractivity contribution is 9.09. The van der Waals surface area contributed by atoms with Gasteiger partial charge in [0.1, 0.15) is 35.6 Å². The fourth-order valence-electron chi connectivity index (χ4n) is 7.63. The van der Waals surface area contributed by atoms with Crippen molar-refractivity contribution >= 4 is 49.3 Å². The van der Waals surface area contributed by atoms with Gasteiger partial charge in [-0.15, -0.1) is 6.42 Å². The summed E-state index contributed by atoms with van der Waals surface area (Å²) in [5, 5.41) is 1.37. The minimum Gasteiger partial charge on any atom is -0.461 e. The first-order valence-corrected chi connectivity index (χ1v) is 17.4. The summed E-state index contributed by atoms with van der Waals surface area (Å²) in [5.74, 6) is 1.40. The van der Waals surface area contributed by atoms with Crippen molar-refractivity contribution in [2.45, 2.75) is 55.2 Å². The highest BCUT2D eigenvalue weighted by Gasteiger charge is 2.49. The first-order chi connectivity index (χ1) is 23.6. The number of likely N-dealkylation sites (N-methyl/N-ethyl adjacent to an activating group) is 1. The van der Waals surface area contributed by atoms with E-state index >= 15 is 4.39 Å². The van der Waals surface area contributed by atoms with Crippen molar-refractivity contribution in [1.82, 2.24) is 24.8 Å². The Kier molecular flexibility index (Phi) is 9.00. The Morgan fingerprint density at radius 3 is 2.88 bits per heavy atom. The topological polar surface area (TPSA) is 74.7 Å². The van der Waals surface area contributed by atoms with Crippen molar-refractivity contribution in [3.05, 3.63) is 65.9 Å². The average Bonchev–Trinajstić information content (AvgIpc) is 3.81. The third-order valence-electron chi connectivity index (χ3n) is 10.1. The van der Waals surface area contributed by atoms with Crippen LogP contribution in [0.3, 0.4) is 0 Å². The average molecular weight is 734 g/mol. The second kappa shape index (κ2) is 13.2. The van der Waals surface area contributed by atoms with E-state index < -0.39 is 23.3 Å². The SMILES string of the molecule is C#Cc1c(F)ccc2cccc(-c3ncc4c(N(C)[C@@H]5CCN(C(=O)/C=C/C(C)Br)C5)nc(OC[C@@]56CCCN5C[C@H](F)C6)nc4c3F)c12. The number of hydrogen-bond donors (Lipinski definition) is 0. The van der Waals surface area contributed by atoms with E-state index in [0.29, 0.717) is 60.0 Å². The normalized spacial score (nSPS) is 23.0. The number of benzene rings is 2. The van der Waals surface area contributed by atoms with Crippen LogP contribution in [0.4, 0.5) is 19.0 Å². The number of hydrogen-bond acceptors (Lipinski definition) is 7. The Morgan fingerprint density at radius 1 is 1.24 bits per heavy atom. The zero-order valence-electron chi connectivity index (χ0n) is 27.3. The smallest absolute Gasteiger partial charge is 0.319 e. The summed E-state index contributed by atoms with van der Waals surface area (Å²) in [4.78, 5) is 32.6. The van der Waals surface area contributed by atoms with Crippen LogP contribution >= 0.6 is 15.9 Å². The molecule has 2 aromatic carbocycles. The maximum atomic E-state index is 16.8. The van der Waals surface area contributed by atoms with Gasteiger partial charge in [0.25, 0.3) is 0 Å². The number of amides is 1. The monoisotopic (exact) mass is 732 g/mol. The van der Waals surface area contributed by atoms with Crippen LogP contribution in [-0.2, 0) is 4.79 Å². The number of halogens is 4. The van der Waals surface area contributed by atoms with Crippen molar-refractivity contribution in [3.8, 4) is 29.6 Å². The van der Waals surface area contributed by atoms with Gasteiger partial charge >= 0.3 is 6.01 Å². The molecule has 1 amide bonds. The molecule has 4 aromatic rings. The summed E-state index contributed by atoms with van der Waals surface area (Å²) in [5.41, 5.74) is -0.178. The first kappa shape index (κ1) is 33.3. The van der Waals surface area contributed by atoms with E-state index in [9.17, 15) is 13.6 Å². The third kappa shape index (κ3) is 6.12. The molecule has 1 unspecified atom stereocenters. The molecule has 3 aliphatic rings. The van der Waals surface area contributed by atoms with Crippen LogP contribution in [0, 0.1) is 24.0 Å². The van der Waals surface area contributed by atoms with Crippen LogP contribution in [0.5, 0.6) is 6.01 Å². The molecule has 3 aliphatic heterocycles. The van der Waals surface area contributed by atoms with Gasteiger partial charge in [-0.25, -0.2) is 13.2 Å².